The lowest BCUT2D eigenvalue weighted by atomic mass is 10.1. The van der Waals surface area contributed by atoms with Crippen LogP contribution in [-0.4, -0.2) is 41.3 Å². The van der Waals surface area contributed by atoms with Crippen LogP contribution in [0, 0.1) is 5.92 Å². The van der Waals surface area contributed by atoms with Gasteiger partial charge in [-0.05, 0) is 49.2 Å². The molecule has 2 heterocycles. The Balaban J connectivity index is 1.81. The lowest BCUT2D eigenvalue weighted by Gasteiger charge is -2.24. The van der Waals surface area contributed by atoms with E-state index >= 15 is 0 Å². The highest BCUT2D eigenvalue weighted by Crippen LogP contribution is 2.25. The topological polar surface area (TPSA) is 51.7 Å². The maximum atomic E-state index is 12.0. The molecule has 0 saturated carbocycles. The van der Waals surface area contributed by atoms with E-state index in [-0.39, 0.29) is 6.09 Å². The Bertz CT molecular complexity index is 548. The monoisotopic (exact) mass is 390 g/mol. The van der Waals surface area contributed by atoms with Crippen molar-refractivity contribution in [3.8, 4) is 5.75 Å². The predicted octanol–water partition coefficient (Wildman–Crippen LogP) is 4.13. The first-order valence-electron chi connectivity index (χ1n) is 7.16. The number of pyridine rings is 1. The second kappa shape index (κ2) is 7.04. The Labute approximate surface area is 144 Å². The molecule has 1 aromatic heterocycles. The number of amides is 1. The molecule has 1 atom stereocenters. The van der Waals surface area contributed by atoms with E-state index in [0.717, 1.165) is 6.42 Å². The smallest absolute Gasteiger partial charge is 0.410 e. The van der Waals surface area contributed by atoms with Gasteiger partial charge in [-0.1, -0.05) is 11.6 Å². The number of nitrogens with zero attached hydrogens (tertiary/aromatic N) is 2. The number of likely N-dealkylation sites (tertiary alicyclic amines) is 1. The highest BCUT2D eigenvalue weighted by Gasteiger charge is 2.30. The van der Waals surface area contributed by atoms with Crippen molar-refractivity contribution in [2.75, 3.05) is 19.7 Å². The zero-order chi connectivity index (χ0) is 16.3. The summed E-state index contributed by atoms with van der Waals surface area (Å²) in [6.07, 6.45) is 2.24. The lowest BCUT2D eigenvalue weighted by Crippen LogP contribution is -2.35. The molecule has 1 saturated heterocycles. The van der Waals surface area contributed by atoms with Crippen LogP contribution in [-0.2, 0) is 4.74 Å². The summed E-state index contributed by atoms with van der Waals surface area (Å²) in [5, 5.41) is 0.407. The molecular formula is C15H20BrClN2O3. The lowest BCUT2D eigenvalue weighted by molar-refractivity contribution is 0.0285. The van der Waals surface area contributed by atoms with Gasteiger partial charge in [0.25, 0.3) is 0 Å². The number of carbonyl (C=O) groups is 1. The van der Waals surface area contributed by atoms with Crippen LogP contribution in [0.2, 0.25) is 5.15 Å². The average molecular weight is 392 g/mol. The van der Waals surface area contributed by atoms with Crippen molar-refractivity contribution in [1.82, 2.24) is 9.88 Å². The fraction of sp³-hybridized carbons (Fsp3) is 0.600. The molecule has 5 nitrogen and oxygen atoms in total. The molecule has 0 spiro atoms. The molecule has 0 unspecified atom stereocenters. The molecule has 0 radical (unpaired) electrons. The molecule has 1 aliphatic heterocycles. The van der Waals surface area contributed by atoms with E-state index in [1.54, 1.807) is 17.2 Å². The molecule has 1 aliphatic rings. The van der Waals surface area contributed by atoms with Gasteiger partial charge in [-0.15, -0.1) is 0 Å². The molecule has 1 amide bonds. The Morgan fingerprint density at radius 2 is 2.27 bits per heavy atom. The van der Waals surface area contributed by atoms with E-state index in [1.807, 2.05) is 20.8 Å². The Kier molecular flexibility index (Phi) is 5.55. The maximum absolute atomic E-state index is 12.0. The summed E-state index contributed by atoms with van der Waals surface area (Å²) < 4.78 is 11.8. The van der Waals surface area contributed by atoms with E-state index in [2.05, 4.69) is 20.9 Å². The van der Waals surface area contributed by atoms with Crippen LogP contribution in [0.15, 0.2) is 16.7 Å². The van der Waals surface area contributed by atoms with Crippen LogP contribution < -0.4 is 4.74 Å². The van der Waals surface area contributed by atoms with Crippen molar-refractivity contribution in [2.45, 2.75) is 32.8 Å². The van der Waals surface area contributed by atoms with Crippen LogP contribution in [0.5, 0.6) is 5.75 Å². The van der Waals surface area contributed by atoms with Gasteiger partial charge in [-0.25, -0.2) is 9.78 Å². The molecule has 122 valence electrons. The van der Waals surface area contributed by atoms with E-state index in [1.165, 1.54) is 0 Å². The SMILES string of the molecule is CC(C)(C)OC(=O)N1CC[C@H](COc2cnc(Cl)c(Br)c2)C1. The number of rotatable bonds is 3. The molecule has 22 heavy (non-hydrogen) atoms. The predicted molar refractivity (Wildman–Crippen MR) is 88.4 cm³/mol. The van der Waals surface area contributed by atoms with Crippen LogP contribution in [0.1, 0.15) is 27.2 Å². The summed E-state index contributed by atoms with van der Waals surface area (Å²) in [5.74, 6) is 0.953. The van der Waals surface area contributed by atoms with Crippen molar-refractivity contribution in [3.05, 3.63) is 21.9 Å². The molecule has 0 bridgehead atoms. The normalized spacial score (nSPS) is 18.4. The van der Waals surface area contributed by atoms with Crippen LogP contribution in [0.3, 0.4) is 0 Å². The van der Waals surface area contributed by atoms with Crippen LogP contribution >= 0.6 is 27.5 Å². The third-order valence-corrected chi connectivity index (χ3v) is 4.33. The Morgan fingerprint density at radius 1 is 1.55 bits per heavy atom. The molecule has 0 aromatic carbocycles. The molecule has 0 aliphatic carbocycles. The number of halogens is 2. The summed E-state index contributed by atoms with van der Waals surface area (Å²) in [6.45, 7) is 7.49. The van der Waals surface area contributed by atoms with E-state index < -0.39 is 5.60 Å². The van der Waals surface area contributed by atoms with Crippen LogP contribution in [0.25, 0.3) is 0 Å². The summed E-state index contributed by atoms with van der Waals surface area (Å²) >= 11 is 9.16. The zero-order valence-electron chi connectivity index (χ0n) is 12.9. The van der Waals surface area contributed by atoms with Gasteiger partial charge in [0.1, 0.15) is 16.5 Å². The second-order valence-corrected chi connectivity index (χ2v) is 7.55. The number of hydrogen-bond donors (Lipinski definition) is 0. The highest BCUT2D eigenvalue weighted by atomic mass is 79.9. The summed E-state index contributed by atoms with van der Waals surface area (Å²) in [5.41, 5.74) is -0.465. The average Bonchev–Trinajstić information content (AvgIpc) is 2.87. The van der Waals surface area contributed by atoms with Gasteiger partial charge in [0, 0.05) is 19.0 Å². The van der Waals surface area contributed by atoms with Crippen molar-refractivity contribution >= 4 is 33.6 Å². The molecule has 1 fully saturated rings. The minimum atomic E-state index is -0.465. The van der Waals surface area contributed by atoms with Gasteiger partial charge >= 0.3 is 6.09 Å². The van der Waals surface area contributed by atoms with Gasteiger partial charge in [0.15, 0.2) is 0 Å². The van der Waals surface area contributed by atoms with Gasteiger partial charge in [0.2, 0.25) is 0 Å². The highest BCUT2D eigenvalue weighted by molar-refractivity contribution is 9.10. The first kappa shape index (κ1) is 17.3. The van der Waals surface area contributed by atoms with Gasteiger partial charge in [-0.3, -0.25) is 0 Å². The minimum Gasteiger partial charge on any atom is -0.492 e. The van der Waals surface area contributed by atoms with Gasteiger partial charge in [-0.2, -0.15) is 0 Å². The summed E-state index contributed by atoms with van der Waals surface area (Å²) in [7, 11) is 0. The zero-order valence-corrected chi connectivity index (χ0v) is 15.3. The number of ether oxygens (including phenoxy) is 2. The second-order valence-electron chi connectivity index (χ2n) is 6.34. The molecule has 2 rings (SSSR count). The van der Waals surface area contributed by atoms with Crippen molar-refractivity contribution in [3.63, 3.8) is 0 Å². The third-order valence-electron chi connectivity index (χ3n) is 3.19. The Hall–Kier alpha value is -1.01. The van der Waals surface area contributed by atoms with Gasteiger partial charge < -0.3 is 14.4 Å². The summed E-state index contributed by atoms with van der Waals surface area (Å²) in [6, 6.07) is 1.79. The van der Waals surface area contributed by atoms with Crippen molar-refractivity contribution in [2.24, 2.45) is 5.92 Å². The summed E-state index contributed by atoms with van der Waals surface area (Å²) in [4.78, 5) is 17.7. The molecule has 0 N–H and O–H groups in total. The van der Waals surface area contributed by atoms with E-state index in [9.17, 15) is 4.79 Å². The fourth-order valence-corrected chi connectivity index (χ4v) is 2.59. The number of aromatic nitrogens is 1. The quantitative estimate of drug-likeness (QED) is 0.727. The minimum absolute atomic E-state index is 0.258. The van der Waals surface area contributed by atoms with E-state index in [0.29, 0.717) is 41.0 Å². The molecular weight excluding hydrogens is 372 g/mol. The fourth-order valence-electron chi connectivity index (χ4n) is 2.16. The molecule has 7 heteroatoms. The first-order valence-corrected chi connectivity index (χ1v) is 8.33. The number of carbonyl (C=O) groups excluding carboxylic acids is 1. The Morgan fingerprint density at radius 3 is 2.91 bits per heavy atom. The van der Waals surface area contributed by atoms with Gasteiger partial charge in [0.05, 0.1) is 17.3 Å². The van der Waals surface area contributed by atoms with Crippen molar-refractivity contribution in [1.29, 1.82) is 0 Å². The van der Waals surface area contributed by atoms with Crippen LogP contribution in [0.4, 0.5) is 4.79 Å². The number of hydrogen-bond acceptors (Lipinski definition) is 4. The largest absolute Gasteiger partial charge is 0.492 e. The standard InChI is InChI=1S/C15H20BrClN2O3/c1-15(2,3)22-14(20)19-5-4-10(8-19)9-21-11-6-12(16)13(17)18-7-11/h6-7,10H,4-5,8-9H2,1-3H3/t10-/m0/s1. The van der Waals surface area contributed by atoms with E-state index in [4.69, 9.17) is 21.1 Å². The van der Waals surface area contributed by atoms with Crippen molar-refractivity contribution < 1.29 is 14.3 Å². The third kappa shape index (κ3) is 5.02. The molecule has 1 aromatic rings. The maximum Gasteiger partial charge on any atom is 0.410 e. The first-order chi connectivity index (χ1) is 10.2.